The van der Waals surface area contributed by atoms with Gasteiger partial charge < -0.3 is 15.0 Å². The van der Waals surface area contributed by atoms with E-state index in [0.29, 0.717) is 16.7 Å². The number of fused-ring (bicyclic) bond motifs is 1. The fourth-order valence-corrected chi connectivity index (χ4v) is 7.07. The Morgan fingerprint density at radius 2 is 1.86 bits per heavy atom. The van der Waals surface area contributed by atoms with Crippen LogP contribution >= 0.6 is 15.9 Å². The summed E-state index contributed by atoms with van der Waals surface area (Å²) in [5.74, 6) is 0.508. The molecular weight excluding hydrogens is 608 g/mol. The Bertz CT molecular complexity index is 1710. The summed E-state index contributed by atoms with van der Waals surface area (Å²) < 4.78 is 8.01. The number of ketones is 1. The lowest BCUT2D eigenvalue weighted by atomic mass is 9.62. The van der Waals surface area contributed by atoms with Crippen LogP contribution in [0.15, 0.2) is 71.1 Å². The number of hydrogen-bond donors (Lipinski definition) is 1. The van der Waals surface area contributed by atoms with Gasteiger partial charge >= 0.3 is 5.97 Å². The number of aromatic nitrogens is 4. The summed E-state index contributed by atoms with van der Waals surface area (Å²) in [6.45, 7) is 2.09. The van der Waals surface area contributed by atoms with E-state index in [1.165, 1.54) is 0 Å². The number of carbonyl (C=O) groups is 2. The third-order valence-corrected chi connectivity index (χ3v) is 9.22. The lowest BCUT2D eigenvalue weighted by Gasteiger charge is -2.46. The molecule has 0 bridgehead atoms. The van der Waals surface area contributed by atoms with Crippen molar-refractivity contribution in [2.75, 3.05) is 25.6 Å². The van der Waals surface area contributed by atoms with E-state index in [9.17, 15) is 9.59 Å². The van der Waals surface area contributed by atoms with Crippen molar-refractivity contribution in [3.63, 3.8) is 0 Å². The smallest absolute Gasteiger partial charge is 0.328 e. The topological polar surface area (TPSA) is 102 Å². The first-order chi connectivity index (χ1) is 20.8. The van der Waals surface area contributed by atoms with Gasteiger partial charge in [-0.3, -0.25) is 14.3 Å². The number of rotatable bonds is 9. The number of ether oxygens (including phenoxy) is 1. The third-order valence-electron chi connectivity index (χ3n) is 8.47. The molecule has 9 nitrogen and oxygen atoms in total. The summed E-state index contributed by atoms with van der Waals surface area (Å²) in [6.07, 6.45) is 8.74. The number of pyridine rings is 2. The molecule has 1 fully saturated rings. The summed E-state index contributed by atoms with van der Waals surface area (Å²) in [5, 5.41) is 3.44. The van der Waals surface area contributed by atoms with Crippen LogP contribution in [0.4, 0.5) is 5.69 Å². The van der Waals surface area contributed by atoms with Crippen LogP contribution in [-0.2, 0) is 20.7 Å². The van der Waals surface area contributed by atoms with E-state index in [4.69, 9.17) is 9.72 Å². The van der Waals surface area contributed by atoms with Crippen molar-refractivity contribution in [1.29, 1.82) is 0 Å². The average Bonchev–Trinajstić information content (AvgIpc) is 3.43. The molecule has 6 rings (SSSR count). The van der Waals surface area contributed by atoms with Crippen molar-refractivity contribution >= 4 is 44.5 Å². The highest BCUT2D eigenvalue weighted by atomic mass is 79.9. The lowest BCUT2D eigenvalue weighted by molar-refractivity contribution is -0.146. The molecule has 1 N–H and O–H groups in total. The summed E-state index contributed by atoms with van der Waals surface area (Å²) in [7, 11) is 3.99. The average molecular weight is 644 g/mol. The highest BCUT2D eigenvalue weighted by Gasteiger charge is 2.53. The quantitative estimate of drug-likeness (QED) is 0.230. The number of nitrogens with zero attached hydrogens (tertiary/aromatic N) is 5. The number of hydrogen-bond acceptors (Lipinski definition) is 8. The van der Waals surface area contributed by atoms with Gasteiger partial charge in [-0.25, -0.2) is 14.8 Å². The highest BCUT2D eigenvalue weighted by molar-refractivity contribution is 9.12. The van der Waals surface area contributed by atoms with Gasteiger partial charge in [-0.05, 0) is 77.7 Å². The second-order valence-electron chi connectivity index (χ2n) is 11.4. The molecule has 1 atom stereocenters. The molecule has 222 valence electrons. The molecule has 1 spiro atoms. The number of anilines is 1. The van der Waals surface area contributed by atoms with Crippen molar-refractivity contribution in [3.05, 3.63) is 76.7 Å². The number of benzene rings is 1. The Balaban J connectivity index is 1.31. The van der Waals surface area contributed by atoms with Crippen molar-refractivity contribution in [2.24, 2.45) is 5.41 Å². The maximum Gasteiger partial charge on any atom is 0.328 e. The molecule has 1 aromatic carbocycles. The zero-order valence-corrected chi connectivity index (χ0v) is 26.2. The van der Waals surface area contributed by atoms with E-state index in [1.54, 1.807) is 19.3 Å². The number of Topliss-reactive ketones (excluding diaryl/α,β-unsaturated/α-hetero) is 1. The Hall–Kier alpha value is -4.05. The normalized spacial score (nSPS) is 16.7. The number of carbonyl (C=O) groups excluding carboxylic acids is 2. The highest BCUT2D eigenvalue weighted by Crippen LogP contribution is 2.53. The molecule has 0 amide bonds. The number of nitrogens with one attached hydrogen (secondary N) is 1. The van der Waals surface area contributed by atoms with Gasteiger partial charge in [0.05, 0.1) is 16.5 Å². The Kier molecular flexibility index (Phi) is 8.05. The summed E-state index contributed by atoms with van der Waals surface area (Å²) in [4.78, 5) is 42.2. The number of halogens is 1. The van der Waals surface area contributed by atoms with Crippen molar-refractivity contribution in [3.8, 4) is 17.2 Å². The van der Waals surface area contributed by atoms with Crippen LogP contribution in [0, 0.1) is 5.41 Å². The molecule has 1 saturated carbocycles. The van der Waals surface area contributed by atoms with Gasteiger partial charge in [-0.1, -0.05) is 31.4 Å². The van der Waals surface area contributed by atoms with Gasteiger partial charge in [-0.2, -0.15) is 0 Å². The standard InChI is InChI=1S/C33H35BrN6O3/c1-4-43-32(42)26(37-28-27(34)29(41)33(28)15-6-5-7-16-33)19-21-10-12-22(13-11-21)40-30-24(9-8-17-36-30)38-31(40)25-20-23(39(2)3)14-18-35-25/h8-14,17-18,20,26,37H,4-7,15-16,19H2,1-3H3/t26-/m0/s1. The molecule has 10 heteroatoms. The fraction of sp³-hybridized carbons (Fsp3) is 0.364. The van der Waals surface area contributed by atoms with Gasteiger partial charge in [0, 0.05) is 50.0 Å². The molecule has 3 aromatic heterocycles. The number of allylic oxidation sites excluding steroid dienone is 2. The van der Waals surface area contributed by atoms with E-state index < -0.39 is 11.5 Å². The van der Waals surface area contributed by atoms with Gasteiger partial charge in [0.1, 0.15) is 17.3 Å². The predicted octanol–water partition coefficient (Wildman–Crippen LogP) is 5.75. The second kappa shape index (κ2) is 11.9. The van der Waals surface area contributed by atoms with E-state index in [-0.39, 0.29) is 18.4 Å². The first-order valence-electron chi connectivity index (χ1n) is 14.8. The Morgan fingerprint density at radius 1 is 1.09 bits per heavy atom. The predicted molar refractivity (Wildman–Crippen MR) is 170 cm³/mol. The zero-order valence-electron chi connectivity index (χ0n) is 24.6. The molecule has 3 heterocycles. The monoisotopic (exact) mass is 642 g/mol. The van der Waals surface area contributed by atoms with E-state index in [1.807, 2.05) is 72.1 Å². The molecule has 0 radical (unpaired) electrons. The van der Waals surface area contributed by atoms with Crippen LogP contribution in [0.2, 0.25) is 0 Å². The number of esters is 1. The fourth-order valence-electron chi connectivity index (χ4n) is 6.19. The van der Waals surface area contributed by atoms with Gasteiger partial charge in [0.25, 0.3) is 0 Å². The summed E-state index contributed by atoms with van der Waals surface area (Å²) >= 11 is 3.49. The minimum atomic E-state index is -0.621. The minimum absolute atomic E-state index is 0.143. The largest absolute Gasteiger partial charge is 0.464 e. The number of imidazole rings is 1. The van der Waals surface area contributed by atoms with Crippen molar-refractivity contribution in [2.45, 2.75) is 51.5 Å². The van der Waals surface area contributed by atoms with Crippen LogP contribution < -0.4 is 10.2 Å². The molecule has 43 heavy (non-hydrogen) atoms. The lowest BCUT2D eigenvalue weighted by Crippen LogP contribution is -2.53. The van der Waals surface area contributed by atoms with Crippen LogP contribution in [0.25, 0.3) is 28.4 Å². The first kappa shape index (κ1) is 29.0. The summed E-state index contributed by atoms with van der Waals surface area (Å²) in [5.41, 5.74) is 5.46. The molecule has 0 saturated heterocycles. The minimum Gasteiger partial charge on any atom is -0.464 e. The van der Waals surface area contributed by atoms with Crippen molar-refractivity contribution in [1.82, 2.24) is 24.8 Å². The van der Waals surface area contributed by atoms with E-state index in [0.717, 1.165) is 71.6 Å². The molecule has 0 aliphatic heterocycles. The van der Waals surface area contributed by atoms with Crippen molar-refractivity contribution < 1.29 is 14.3 Å². The SMILES string of the molecule is CCOC(=O)[C@H](Cc1ccc(-n2c(-c3cc(N(C)C)ccn3)nc3cccnc32)cc1)NC1=C(Br)C(=O)C12CCCCC2. The molecular formula is C33H35BrN6O3. The second-order valence-corrected chi connectivity index (χ2v) is 12.2. The molecule has 2 aliphatic carbocycles. The first-order valence-corrected chi connectivity index (χ1v) is 15.6. The van der Waals surface area contributed by atoms with E-state index in [2.05, 4.69) is 31.2 Å². The zero-order chi connectivity index (χ0) is 30.1. The maximum absolute atomic E-state index is 13.1. The maximum atomic E-state index is 13.1. The molecule has 2 aliphatic rings. The van der Waals surface area contributed by atoms with E-state index >= 15 is 0 Å². The van der Waals surface area contributed by atoms with Crippen LogP contribution in [0.5, 0.6) is 0 Å². The van der Waals surface area contributed by atoms with Crippen LogP contribution in [0.1, 0.15) is 44.6 Å². The Morgan fingerprint density at radius 3 is 2.58 bits per heavy atom. The van der Waals surface area contributed by atoms with Crippen LogP contribution in [-0.4, -0.2) is 58.0 Å². The molecule has 4 aromatic rings. The van der Waals surface area contributed by atoms with Gasteiger partial charge in [0.15, 0.2) is 17.3 Å². The third kappa shape index (κ3) is 5.33. The Labute approximate surface area is 259 Å². The van der Waals surface area contributed by atoms with Gasteiger partial charge in [0.2, 0.25) is 0 Å². The summed E-state index contributed by atoms with van der Waals surface area (Å²) in [6, 6.07) is 15.2. The van der Waals surface area contributed by atoms with Crippen LogP contribution in [0.3, 0.4) is 0 Å². The molecule has 0 unspecified atom stereocenters. The van der Waals surface area contributed by atoms with Gasteiger partial charge in [-0.15, -0.1) is 0 Å².